The van der Waals surface area contributed by atoms with E-state index in [9.17, 15) is 14.3 Å². The first-order valence-corrected chi connectivity index (χ1v) is 7.67. The maximum absolute atomic E-state index is 13.6. The van der Waals surface area contributed by atoms with Crippen molar-refractivity contribution in [2.45, 2.75) is 46.1 Å². The molecule has 2 rings (SSSR count). The molecular weight excluding hydrogens is 269 g/mol. The van der Waals surface area contributed by atoms with Crippen molar-refractivity contribution in [2.24, 2.45) is 5.41 Å². The van der Waals surface area contributed by atoms with Crippen molar-refractivity contribution in [1.29, 1.82) is 0 Å². The number of carbonyl (C=O) groups is 1. The lowest BCUT2D eigenvalue weighted by Gasteiger charge is -2.40. The van der Waals surface area contributed by atoms with E-state index in [0.717, 1.165) is 31.4 Å². The van der Waals surface area contributed by atoms with Crippen LogP contribution in [0, 0.1) is 18.2 Å². The van der Waals surface area contributed by atoms with Crippen molar-refractivity contribution in [3.05, 3.63) is 35.1 Å². The molecule has 1 aliphatic heterocycles. The summed E-state index contributed by atoms with van der Waals surface area (Å²) in [5.74, 6) is -0.883. The third-order valence-corrected chi connectivity index (χ3v) is 4.48. The first-order chi connectivity index (χ1) is 9.97. The summed E-state index contributed by atoms with van der Waals surface area (Å²) in [6.45, 7) is 5.84. The Hall–Kier alpha value is -1.42. The number of halogens is 1. The number of hydrogen-bond acceptors (Lipinski definition) is 2. The van der Waals surface area contributed by atoms with E-state index in [4.69, 9.17) is 0 Å². The monoisotopic (exact) mass is 293 g/mol. The van der Waals surface area contributed by atoms with Gasteiger partial charge in [-0.3, -0.25) is 9.69 Å². The minimum Gasteiger partial charge on any atom is -0.481 e. The van der Waals surface area contributed by atoms with Crippen molar-refractivity contribution in [3.8, 4) is 0 Å². The molecule has 1 fully saturated rings. The Labute approximate surface area is 125 Å². The van der Waals surface area contributed by atoms with Gasteiger partial charge in [-0.15, -0.1) is 0 Å². The minimum atomic E-state index is -0.691. The summed E-state index contributed by atoms with van der Waals surface area (Å²) in [6.07, 6.45) is 3.22. The molecule has 0 radical (unpaired) electrons. The van der Waals surface area contributed by atoms with Crippen molar-refractivity contribution >= 4 is 5.97 Å². The van der Waals surface area contributed by atoms with Gasteiger partial charge in [-0.05, 0) is 49.9 Å². The maximum atomic E-state index is 13.6. The number of nitrogens with zero attached hydrogens (tertiary/aromatic N) is 1. The molecule has 1 saturated heterocycles. The van der Waals surface area contributed by atoms with E-state index in [1.165, 1.54) is 0 Å². The van der Waals surface area contributed by atoms with Crippen molar-refractivity contribution in [1.82, 2.24) is 4.90 Å². The summed E-state index contributed by atoms with van der Waals surface area (Å²) in [4.78, 5) is 13.8. The van der Waals surface area contributed by atoms with Gasteiger partial charge in [0.25, 0.3) is 0 Å². The molecule has 0 amide bonds. The molecule has 0 aliphatic carbocycles. The molecule has 21 heavy (non-hydrogen) atoms. The molecule has 3 nitrogen and oxygen atoms in total. The van der Waals surface area contributed by atoms with Gasteiger partial charge in [-0.1, -0.05) is 25.5 Å². The SMILES string of the molecule is CCCC1(C(=O)O)CCCN(Cc2ccc(C)c(F)c2)C1. The zero-order chi connectivity index (χ0) is 15.5. The van der Waals surface area contributed by atoms with Gasteiger partial charge in [-0.25, -0.2) is 4.39 Å². The van der Waals surface area contributed by atoms with E-state index in [-0.39, 0.29) is 5.82 Å². The van der Waals surface area contributed by atoms with Gasteiger partial charge in [0.1, 0.15) is 5.82 Å². The highest BCUT2D eigenvalue weighted by Gasteiger charge is 2.41. The van der Waals surface area contributed by atoms with Gasteiger partial charge in [0, 0.05) is 13.1 Å². The van der Waals surface area contributed by atoms with Crippen molar-refractivity contribution in [3.63, 3.8) is 0 Å². The average molecular weight is 293 g/mol. The smallest absolute Gasteiger partial charge is 0.310 e. The first kappa shape index (κ1) is 16.0. The molecule has 1 N–H and O–H groups in total. The molecule has 0 saturated carbocycles. The van der Waals surface area contributed by atoms with E-state index < -0.39 is 11.4 Å². The summed E-state index contributed by atoms with van der Waals surface area (Å²) in [5.41, 5.74) is 0.926. The third kappa shape index (κ3) is 3.62. The topological polar surface area (TPSA) is 40.5 Å². The van der Waals surface area contributed by atoms with Crippen LogP contribution in [0.3, 0.4) is 0 Å². The van der Waals surface area contributed by atoms with Gasteiger partial charge in [0.15, 0.2) is 0 Å². The van der Waals surface area contributed by atoms with Gasteiger partial charge in [0.2, 0.25) is 0 Å². The lowest BCUT2D eigenvalue weighted by atomic mass is 9.76. The Bertz CT molecular complexity index is 514. The van der Waals surface area contributed by atoms with Crippen molar-refractivity contribution < 1.29 is 14.3 Å². The van der Waals surface area contributed by atoms with Gasteiger partial charge < -0.3 is 5.11 Å². The predicted molar refractivity (Wildman–Crippen MR) is 80.6 cm³/mol. The second kappa shape index (κ2) is 6.56. The number of aliphatic carboxylic acids is 1. The van der Waals surface area contributed by atoms with E-state index >= 15 is 0 Å². The summed E-state index contributed by atoms with van der Waals surface area (Å²) in [5, 5.41) is 9.60. The van der Waals surface area contributed by atoms with Crippen LogP contribution < -0.4 is 0 Å². The van der Waals surface area contributed by atoms with Gasteiger partial charge >= 0.3 is 5.97 Å². The summed E-state index contributed by atoms with van der Waals surface area (Å²) in [7, 11) is 0. The van der Waals surface area contributed by atoms with Crippen LogP contribution in [0.1, 0.15) is 43.7 Å². The number of piperidine rings is 1. The third-order valence-electron chi connectivity index (χ3n) is 4.48. The van der Waals surface area contributed by atoms with Crippen LogP contribution in [0.15, 0.2) is 18.2 Å². The Balaban J connectivity index is 2.09. The Morgan fingerprint density at radius 2 is 2.24 bits per heavy atom. The van der Waals surface area contributed by atoms with E-state index in [1.54, 1.807) is 19.1 Å². The number of aryl methyl sites for hydroxylation is 1. The first-order valence-electron chi connectivity index (χ1n) is 7.67. The number of benzene rings is 1. The highest BCUT2D eigenvalue weighted by Crippen LogP contribution is 2.35. The fourth-order valence-corrected chi connectivity index (χ4v) is 3.32. The molecule has 0 bridgehead atoms. The van der Waals surface area contributed by atoms with E-state index in [0.29, 0.717) is 25.1 Å². The number of hydrogen-bond donors (Lipinski definition) is 1. The molecule has 1 aliphatic rings. The summed E-state index contributed by atoms with van der Waals surface area (Å²) in [6, 6.07) is 5.27. The number of likely N-dealkylation sites (tertiary alicyclic amines) is 1. The van der Waals surface area contributed by atoms with Crippen molar-refractivity contribution in [2.75, 3.05) is 13.1 Å². The molecule has 1 aromatic carbocycles. The standard InChI is InChI=1S/C17H24FNO2/c1-3-7-17(16(20)21)8-4-9-19(12-17)11-14-6-5-13(2)15(18)10-14/h5-6,10H,3-4,7-9,11-12H2,1-2H3,(H,20,21). The fraction of sp³-hybridized carbons (Fsp3) is 0.588. The second-order valence-electron chi connectivity index (χ2n) is 6.23. The maximum Gasteiger partial charge on any atom is 0.310 e. The molecule has 4 heteroatoms. The number of rotatable bonds is 5. The van der Waals surface area contributed by atoms with E-state index in [2.05, 4.69) is 4.90 Å². The summed E-state index contributed by atoms with van der Waals surface area (Å²) >= 11 is 0. The Morgan fingerprint density at radius 1 is 1.48 bits per heavy atom. The minimum absolute atomic E-state index is 0.192. The fourth-order valence-electron chi connectivity index (χ4n) is 3.32. The molecule has 1 atom stereocenters. The molecule has 1 aromatic rings. The Kier molecular flexibility index (Phi) is 4.99. The molecule has 0 spiro atoms. The van der Waals surface area contributed by atoms with Crippen LogP contribution in [0.4, 0.5) is 4.39 Å². The normalized spacial score (nSPS) is 23.2. The van der Waals surface area contributed by atoms with Crippen LogP contribution in [0.25, 0.3) is 0 Å². The van der Waals surface area contributed by atoms with Crippen LogP contribution in [0.5, 0.6) is 0 Å². The molecular formula is C17H24FNO2. The average Bonchev–Trinajstić information content (AvgIpc) is 2.43. The largest absolute Gasteiger partial charge is 0.481 e. The van der Waals surface area contributed by atoms with E-state index in [1.807, 2.05) is 13.0 Å². The number of carboxylic acids is 1. The lowest BCUT2D eigenvalue weighted by molar-refractivity contribution is -0.153. The zero-order valence-electron chi connectivity index (χ0n) is 12.9. The molecule has 116 valence electrons. The van der Waals surface area contributed by atoms with Crippen LogP contribution >= 0.6 is 0 Å². The predicted octanol–water partition coefficient (Wildman–Crippen LogP) is 3.60. The van der Waals surface area contributed by atoms with Gasteiger partial charge in [-0.2, -0.15) is 0 Å². The molecule has 1 heterocycles. The molecule has 1 unspecified atom stereocenters. The second-order valence-corrected chi connectivity index (χ2v) is 6.23. The summed E-state index contributed by atoms with van der Waals surface area (Å²) < 4.78 is 13.6. The van der Waals surface area contributed by atoms with Crippen LogP contribution in [-0.4, -0.2) is 29.1 Å². The zero-order valence-corrected chi connectivity index (χ0v) is 12.9. The highest BCUT2D eigenvalue weighted by atomic mass is 19.1. The van der Waals surface area contributed by atoms with Gasteiger partial charge in [0.05, 0.1) is 5.41 Å². The number of carboxylic acid groups (broad SMARTS) is 1. The van der Waals surface area contributed by atoms with Crippen LogP contribution in [-0.2, 0) is 11.3 Å². The Morgan fingerprint density at radius 3 is 2.86 bits per heavy atom. The lowest BCUT2D eigenvalue weighted by Crippen LogP contribution is -2.47. The highest BCUT2D eigenvalue weighted by molar-refractivity contribution is 5.75. The quantitative estimate of drug-likeness (QED) is 0.901. The molecule has 0 aromatic heterocycles. The van der Waals surface area contributed by atoms with Crippen LogP contribution in [0.2, 0.25) is 0 Å².